The summed E-state index contributed by atoms with van der Waals surface area (Å²) in [4.78, 5) is 38.5. The number of halogens is 2. The van der Waals surface area contributed by atoms with Crippen LogP contribution in [0.1, 0.15) is 41.6 Å². The van der Waals surface area contributed by atoms with Crippen LogP contribution >= 0.6 is 39.3 Å². The summed E-state index contributed by atoms with van der Waals surface area (Å²) in [7, 11) is 1.50. The fraction of sp³-hybridized carbons (Fsp3) is 0.276. The number of nitrogens with one attached hydrogen (secondary N) is 1. The molecule has 0 saturated heterocycles. The van der Waals surface area contributed by atoms with E-state index in [0.717, 1.165) is 11.1 Å². The Morgan fingerprint density at radius 2 is 1.88 bits per heavy atom. The van der Waals surface area contributed by atoms with Crippen LogP contribution in [-0.4, -0.2) is 63.4 Å². The summed E-state index contributed by atoms with van der Waals surface area (Å²) in [6, 6.07) is 17.1. The smallest absolute Gasteiger partial charge is 0.325 e. The number of aromatic nitrogens is 3. The second kappa shape index (κ2) is 12.6. The number of hydrogen-bond acceptors (Lipinski definition) is 7. The third kappa shape index (κ3) is 6.58. The fourth-order valence-corrected chi connectivity index (χ4v) is 6.09. The van der Waals surface area contributed by atoms with Crippen molar-refractivity contribution < 1.29 is 19.1 Å². The maximum Gasteiger partial charge on any atom is 0.325 e. The van der Waals surface area contributed by atoms with Gasteiger partial charge in [-0.15, -0.1) is 10.2 Å². The van der Waals surface area contributed by atoms with Crippen LogP contribution < -0.4 is 5.32 Å². The SMILES string of the molecule is CCOC(=O)CN(C)C(=O)c1ccc(NC(=O)CSc2nnc(Br)n2-c2ccc(C3CC3)c3ccccc23)c(Cl)c1. The van der Waals surface area contributed by atoms with Gasteiger partial charge in [0.1, 0.15) is 6.54 Å². The number of fused-ring (bicyclic) bond motifs is 1. The third-order valence-electron chi connectivity index (χ3n) is 6.63. The molecule has 1 saturated carbocycles. The second-order valence-electron chi connectivity index (χ2n) is 9.58. The molecule has 5 rings (SSSR count). The van der Waals surface area contributed by atoms with Crippen molar-refractivity contribution in [3.63, 3.8) is 0 Å². The van der Waals surface area contributed by atoms with Gasteiger partial charge >= 0.3 is 5.97 Å². The summed E-state index contributed by atoms with van der Waals surface area (Å²) in [5, 5.41) is 14.4. The molecule has 0 spiro atoms. The zero-order chi connectivity index (χ0) is 29.1. The summed E-state index contributed by atoms with van der Waals surface area (Å²) < 4.78 is 7.33. The van der Waals surface area contributed by atoms with Gasteiger partial charge in [0.2, 0.25) is 10.6 Å². The van der Waals surface area contributed by atoms with E-state index in [2.05, 4.69) is 61.8 Å². The first kappa shape index (κ1) is 29.1. The highest BCUT2D eigenvalue weighted by molar-refractivity contribution is 9.10. The molecule has 212 valence electrons. The maximum absolute atomic E-state index is 12.9. The number of carbonyl (C=O) groups excluding carboxylic acids is 3. The Bertz CT molecular complexity index is 1640. The molecule has 0 unspecified atom stereocenters. The average molecular weight is 657 g/mol. The highest BCUT2D eigenvalue weighted by Crippen LogP contribution is 2.44. The largest absolute Gasteiger partial charge is 0.465 e. The minimum atomic E-state index is -0.498. The van der Waals surface area contributed by atoms with E-state index in [1.54, 1.807) is 19.1 Å². The van der Waals surface area contributed by atoms with Crippen LogP contribution in [0.25, 0.3) is 16.5 Å². The van der Waals surface area contributed by atoms with Crippen LogP contribution in [0.5, 0.6) is 0 Å². The van der Waals surface area contributed by atoms with E-state index in [4.69, 9.17) is 16.3 Å². The van der Waals surface area contributed by atoms with Gasteiger partial charge in [0.25, 0.3) is 5.91 Å². The predicted molar refractivity (Wildman–Crippen MR) is 163 cm³/mol. The molecule has 41 heavy (non-hydrogen) atoms. The average Bonchev–Trinajstić information content (AvgIpc) is 3.74. The predicted octanol–water partition coefficient (Wildman–Crippen LogP) is 6.08. The normalized spacial score (nSPS) is 12.8. The molecule has 1 fully saturated rings. The van der Waals surface area contributed by atoms with Crippen molar-refractivity contribution in [1.29, 1.82) is 0 Å². The van der Waals surface area contributed by atoms with Gasteiger partial charge in [-0.2, -0.15) is 0 Å². The van der Waals surface area contributed by atoms with E-state index < -0.39 is 11.9 Å². The van der Waals surface area contributed by atoms with Gasteiger partial charge in [0, 0.05) is 18.0 Å². The molecule has 0 radical (unpaired) electrons. The molecule has 0 bridgehead atoms. The monoisotopic (exact) mass is 655 g/mol. The Hall–Kier alpha value is -3.41. The van der Waals surface area contributed by atoms with Gasteiger partial charge < -0.3 is 15.0 Å². The van der Waals surface area contributed by atoms with Crippen molar-refractivity contribution in [3.05, 3.63) is 75.5 Å². The summed E-state index contributed by atoms with van der Waals surface area (Å²) in [5.74, 6) is -0.517. The van der Waals surface area contributed by atoms with Gasteiger partial charge in [-0.3, -0.25) is 19.0 Å². The number of thioether (sulfide) groups is 1. The number of anilines is 1. The first-order valence-electron chi connectivity index (χ1n) is 13.0. The number of rotatable bonds is 10. The number of carbonyl (C=O) groups is 3. The minimum Gasteiger partial charge on any atom is -0.465 e. The Kier molecular flexibility index (Phi) is 8.96. The number of benzene rings is 3. The van der Waals surface area contributed by atoms with E-state index in [9.17, 15) is 14.4 Å². The van der Waals surface area contributed by atoms with Crippen LogP contribution in [0.2, 0.25) is 5.02 Å². The topological polar surface area (TPSA) is 106 Å². The van der Waals surface area contributed by atoms with Gasteiger partial charge in [0.05, 0.1) is 28.8 Å². The molecule has 0 atom stereocenters. The molecule has 1 aromatic heterocycles. The number of esters is 1. The van der Waals surface area contributed by atoms with Crippen molar-refractivity contribution in [2.45, 2.75) is 30.8 Å². The van der Waals surface area contributed by atoms with Gasteiger partial charge in [-0.25, -0.2) is 0 Å². The maximum atomic E-state index is 12.9. The van der Waals surface area contributed by atoms with Crippen molar-refractivity contribution in [2.75, 3.05) is 31.3 Å². The van der Waals surface area contributed by atoms with Crippen LogP contribution in [0, 0.1) is 0 Å². The van der Waals surface area contributed by atoms with Crippen LogP contribution in [0.4, 0.5) is 5.69 Å². The zero-order valence-electron chi connectivity index (χ0n) is 22.4. The molecule has 1 aliphatic carbocycles. The first-order valence-corrected chi connectivity index (χ1v) is 15.2. The van der Waals surface area contributed by atoms with E-state index in [0.29, 0.717) is 21.5 Å². The Labute approximate surface area is 254 Å². The molecule has 12 heteroatoms. The summed E-state index contributed by atoms with van der Waals surface area (Å²) in [5.41, 5.74) is 2.94. The molecule has 4 aromatic rings. The highest BCUT2D eigenvalue weighted by atomic mass is 79.9. The van der Waals surface area contributed by atoms with Crippen molar-refractivity contribution in [2.24, 2.45) is 0 Å². The van der Waals surface area contributed by atoms with E-state index in [1.807, 2.05) is 10.6 Å². The number of likely N-dealkylation sites (N-methyl/N-ethyl adjacent to an activating group) is 1. The number of nitrogens with zero attached hydrogens (tertiary/aromatic N) is 4. The van der Waals surface area contributed by atoms with Crippen LogP contribution in [0.3, 0.4) is 0 Å². The number of amides is 2. The van der Waals surface area contributed by atoms with Crippen molar-refractivity contribution in [3.8, 4) is 5.69 Å². The van der Waals surface area contributed by atoms with Crippen LogP contribution in [-0.2, 0) is 14.3 Å². The summed E-state index contributed by atoms with van der Waals surface area (Å²) in [6.07, 6.45) is 2.43. The van der Waals surface area contributed by atoms with Gasteiger partial charge in [-0.1, -0.05) is 53.7 Å². The van der Waals surface area contributed by atoms with E-state index in [1.165, 1.54) is 53.6 Å². The lowest BCUT2D eigenvalue weighted by Crippen LogP contribution is -2.33. The molecule has 1 aliphatic rings. The Morgan fingerprint density at radius 3 is 2.59 bits per heavy atom. The van der Waals surface area contributed by atoms with Crippen molar-refractivity contribution in [1.82, 2.24) is 19.7 Å². The quantitative estimate of drug-likeness (QED) is 0.163. The third-order valence-corrected chi connectivity index (χ3v) is 8.38. The van der Waals surface area contributed by atoms with Crippen molar-refractivity contribution >= 4 is 73.5 Å². The second-order valence-corrected chi connectivity index (χ2v) is 11.6. The lowest BCUT2D eigenvalue weighted by atomic mass is 9.99. The molecule has 0 aliphatic heterocycles. The summed E-state index contributed by atoms with van der Waals surface area (Å²) >= 11 is 11.2. The van der Waals surface area contributed by atoms with E-state index >= 15 is 0 Å². The Balaban J connectivity index is 1.27. The number of ether oxygens (including phenoxy) is 1. The first-order chi connectivity index (χ1) is 19.8. The fourth-order valence-electron chi connectivity index (χ4n) is 4.56. The molecule has 2 amide bonds. The van der Waals surface area contributed by atoms with Crippen LogP contribution in [0.15, 0.2) is 64.5 Å². The molecular weight excluding hydrogens is 630 g/mol. The lowest BCUT2D eigenvalue weighted by molar-refractivity contribution is -0.143. The summed E-state index contributed by atoms with van der Waals surface area (Å²) in [6.45, 7) is 1.75. The zero-order valence-corrected chi connectivity index (χ0v) is 25.6. The minimum absolute atomic E-state index is 0.0580. The van der Waals surface area contributed by atoms with Gasteiger partial charge in [0.15, 0.2) is 5.16 Å². The van der Waals surface area contributed by atoms with Gasteiger partial charge in [-0.05, 0) is 76.8 Å². The van der Waals surface area contributed by atoms with E-state index in [-0.39, 0.29) is 35.4 Å². The standard InChI is InChI=1S/C29H27BrClN5O4S/c1-3-40-26(38)15-35(2)27(39)18-10-12-23(22(31)14-18)32-25(37)16-41-29-34-33-28(30)36(29)24-13-11-19(17-8-9-17)20-6-4-5-7-21(20)24/h4-7,10-14,17H,3,8-9,15-16H2,1-2H3,(H,32,37). The molecule has 3 aromatic carbocycles. The molecule has 1 heterocycles. The Morgan fingerprint density at radius 1 is 1.12 bits per heavy atom. The number of hydrogen-bond donors (Lipinski definition) is 1. The lowest BCUT2D eigenvalue weighted by Gasteiger charge is -2.17. The molecule has 9 nitrogen and oxygen atoms in total. The highest BCUT2D eigenvalue weighted by Gasteiger charge is 2.26. The molecular formula is C29H27BrClN5O4S. The molecule has 1 N–H and O–H groups in total.